The highest BCUT2D eigenvalue weighted by Crippen LogP contribution is 2.35. The molecular formula is C31H24O6. The van der Waals surface area contributed by atoms with Crippen molar-refractivity contribution in [2.45, 2.75) is 32.5 Å². The molecule has 0 spiro atoms. The van der Waals surface area contributed by atoms with Crippen molar-refractivity contribution in [3.63, 3.8) is 0 Å². The van der Waals surface area contributed by atoms with Gasteiger partial charge in [0.2, 0.25) is 0 Å². The molecule has 2 heterocycles. The van der Waals surface area contributed by atoms with Crippen LogP contribution in [0.25, 0.3) is 0 Å². The van der Waals surface area contributed by atoms with Crippen LogP contribution in [-0.4, -0.2) is 11.9 Å². The van der Waals surface area contributed by atoms with Gasteiger partial charge in [-0.05, 0) is 65.7 Å². The molecule has 0 aromatic heterocycles. The van der Waals surface area contributed by atoms with Crippen molar-refractivity contribution in [1.29, 1.82) is 0 Å². The number of carbonyl (C=O) groups excluding carboxylic acids is 2. The molecule has 0 unspecified atom stereocenters. The van der Waals surface area contributed by atoms with Gasteiger partial charge in [-0.1, -0.05) is 44.2 Å². The fraction of sp³-hybridized carbons (Fsp3) is 0.161. The summed E-state index contributed by atoms with van der Waals surface area (Å²) in [6.45, 7) is 4.94. The molecule has 0 N–H and O–H groups in total. The Bertz CT molecular complexity index is 1520. The van der Waals surface area contributed by atoms with Crippen LogP contribution in [-0.2, 0) is 28.1 Å². The molecule has 0 amide bonds. The minimum absolute atomic E-state index is 0.250. The van der Waals surface area contributed by atoms with E-state index in [0.29, 0.717) is 40.7 Å². The summed E-state index contributed by atoms with van der Waals surface area (Å²) in [7, 11) is 0. The van der Waals surface area contributed by atoms with E-state index in [-0.39, 0.29) is 24.0 Å². The van der Waals surface area contributed by atoms with Crippen molar-refractivity contribution in [1.82, 2.24) is 0 Å². The first-order valence-corrected chi connectivity index (χ1v) is 12.0. The Morgan fingerprint density at radius 2 is 1.05 bits per heavy atom. The zero-order valence-electron chi connectivity index (χ0n) is 20.4. The van der Waals surface area contributed by atoms with E-state index in [1.165, 1.54) is 0 Å². The Labute approximate surface area is 214 Å². The maximum atomic E-state index is 11.8. The standard InChI is InChI=1S/C31H24O6/c1-31(2,21-4-9-23(10-5-21)36-25-13-14-27-20(15-25)18-35-29(27)32)22-6-11-24(12-7-22)37-26-8-3-19-17-34-30(33)28(19)16-26/h3-16H,17-18H2,1-2H3. The van der Waals surface area contributed by atoms with Gasteiger partial charge in [0.25, 0.3) is 0 Å². The molecule has 184 valence electrons. The molecule has 0 atom stereocenters. The Kier molecular flexibility index (Phi) is 5.45. The van der Waals surface area contributed by atoms with Gasteiger partial charge >= 0.3 is 11.9 Å². The van der Waals surface area contributed by atoms with E-state index in [1.807, 2.05) is 42.5 Å². The monoisotopic (exact) mass is 492 g/mol. The van der Waals surface area contributed by atoms with E-state index < -0.39 is 0 Å². The van der Waals surface area contributed by atoms with Crippen LogP contribution in [0.3, 0.4) is 0 Å². The van der Waals surface area contributed by atoms with Gasteiger partial charge in [-0.15, -0.1) is 0 Å². The van der Waals surface area contributed by atoms with Gasteiger partial charge in [-0.3, -0.25) is 0 Å². The quantitative estimate of drug-likeness (QED) is 0.272. The summed E-state index contributed by atoms with van der Waals surface area (Å²) in [5, 5.41) is 0. The number of rotatable bonds is 6. The first-order chi connectivity index (χ1) is 17.9. The molecule has 0 aliphatic carbocycles. The van der Waals surface area contributed by atoms with Crippen LogP contribution in [0.1, 0.15) is 56.8 Å². The molecule has 0 radical (unpaired) electrons. The summed E-state index contributed by atoms with van der Waals surface area (Å²) >= 11 is 0. The third-order valence-corrected chi connectivity index (χ3v) is 6.94. The van der Waals surface area contributed by atoms with Crippen LogP contribution in [0.2, 0.25) is 0 Å². The molecule has 2 aliphatic rings. The van der Waals surface area contributed by atoms with Gasteiger partial charge in [0.15, 0.2) is 0 Å². The van der Waals surface area contributed by atoms with Crippen LogP contribution in [0.4, 0.5) is 0 Å². The summed E-state index contributed by atoms with van der Waals surface area (Å²) in [5.74, 6) is 2.07. The maximum Gasteiger partial charge on any atom is 0.339 e. The number of hydrogen-bond acceptors (Lipinski definition) is 6. The van der Waals surface area contributed by atoms with Crippen molar-refractivity contribution >= 4 is 11.9 Å². The maximum absolute atomic E-state index is 11.8. The van der Waals surface area contributed by atoms with Gasteiger partial charge in [0.1, 0.15) is 36.2 Å². The average Bonchev–Trinajstić information content (AvgIpc) is 3.46. The SMILES string of the molecule is CC(C)(c1ccc(Oc2ccc3c(c2)COC3=O)cc1)c1ccc(Oc2ccc3c(c2)C(=O)OC3)cc1. The van der Waals surface area contributed by atoms with Gasteiger partial charge < -0.3 is 18.9 Å². The number of esters is 2. The van der Waals surface area contributed by atoms with Crippen molar-refractivity contribution < 1.29 is 28.5 Å². The topological polar surface area (TPSA) is 71.1 Å². The van der Waals surface area contributed by atoms with E-state index >= 15 is 0 Å². The second-order valence-corrected chi connectivity index (χ2v) is 9.67. The highest BCUT2D eigenvalue weighted by molar-refractivity contribution is 5.94. The molecular weight excluding hydrogens is 468 g/mol. The lowest BCUT2D eigenvalue weighted by atomic mass is 9.78. The van der Waals surface area contributed by atoms with Gasteiger partial charge in [-0.25, -0.2) is 9.59 Å². The van der Waals surface area contributed by atoms with Crippen LogP contribution >= 0.6 is 0 Å². The molecule has 6 rings (SSSR count). The molecule has 4 aromatic carbocycles. The fourth-order valence-corrected chi connectivity index (χ4v) is 4.65. The largest absolute Gasteiger partial charge is 0.457 e. The third kappa shape index (κ3) is 4.31. The summed E-state index contributed by atoms with van der Waals surface area (Å²) < 4.78 is 22.1. The van der Waals surface area contributed by atoms with E-state index in [4.69, 9.17) is 18.9 Å². The predicted octanol–water partition coefficient (Wildman–Crippen LogP) is 6.94. The molecule has 0 saturated carbocycles. The number of benzene rings is 4. The lowest BCUT2D eigenvalue weighted by Crippen LogP contribution is -2.18. The van der Waals surface area contributed by atoms with Gasteiger partial charge in [-0.2, -0.15) is 0 Å². The van der Waals surface area contributed by atoms with Crippen LogP contribution in [0.5, 0.6) is 23.0 Å². The molecule has 0 saturated heterocycles. The summed E-state index contributed by atoms with van der Waals surface area (Å²) in [5.41, 5.74) is 4.89. The Hall–Kier alpha value is -4.58. The minimum atomic E-state index is -0.313. The zero-order valence-corrected chi connectivity index (χ0v) is 20.4. The normalized spacial score (nSPS) is 14.0. The predicted molar refractivity (Wildman–Crippen MR) is 136 cm³/mol. The summed E-state index contributed by atoms with van der Waals surface area (Å²) in [4.78, 5) is 23.5. The number of carbonyl (C=O) groups is 2. The number of fused-ring (bicyclic) bond motifs is 2. The Morgan fingerprint density at radius 3 is 1.68 bits per heavy atom. The molecule has 4 aromatic rings. The lowest BCUT2D eigenvalue weighted by Gasteiger charge is -2.26. The number of ether oxygens (including phenoxy) is 4. The Balaban J connectivity index is 1.15. The summed E-state index contributed by atoms with van der Waals surface area (Å²) in [6.07, 6.45) is 0. The first kappa shape index (κ1) is 22.9. The highest BCUT2D eigenvalue weighted by atomic mass is 16.5. The second-order valence-electron chi connectivity index (χ2n) is 9.67. The number of hydrogen-bond donors (Lipinski definition) is 0. The van der Waals surface area contributed by atoms with Gasteiger partial charge in [0.05, 0.1) is 11.1 Å². The Morgan fingerprint density at radius 1 is 0.568 bits per heavy atom. The van der Waals surface area contributed by atoms with Crippen LogP contribution in [0, 0.1) is 0 Å². The van der Waals surface area contributed by atoms with Crippen LogP contribution < -0.4 is 9.47 Å². The van der Waals surface area contributed by atoms with Gasteiger partial charge in [0, 0.05) is 16.5 Å². The molecule has 37 heavy (non-hydrogen) atoms. The van der Waals surface area contributed by atoms with E-state index in [1.54, 1.807) is 18.2 Å². The molecule has 0 bridgehead atoms. The molecule has 2 aliphatic heterocycles. The number of cyclic esters (lactones) is 2. The van der Waals surface area contributed by atoms with Crippen molar-refractivity contribution in [2.24, 2.45) is 0 Å². The van der Waals surface area contributed by atoms with E-state index in [9.17, 15) is 9.59 Å². The van der Waals surface area contributed by atoms with E-state index in [0.717, 1.165) is 22.3 Å². The van der Waals surface area contributed by atoms with E-state index in [2.05, 4.69) is 38.1 Å². The van der Waals surface area contributed by atoms with Crippen molar-refractivity contribution in [3.8, 4) is 23.0 Å². The lowest BCUT2D eigenvalue weighted by molar-refractivity contribution is 0.0526. The highest BCUT2D eigenvalue weighted by Gasteiger charge is 2.25. The molecule has 6 heteroatoms. The second kappa shape index (κ2) is 8.82. The minimum Gasteiger partial charge on any atom is -0.457 e. The average molecular weight is 493 g/mol. The smallest absolute Gasteiger partial charge is 0.339 e. The molecule has 0 fully saturated rings. The van der Waals surface area contributed by atoms with Crippen molar-refractivity contribution in [2.75, 3.05) is 0 Å². The first-order valence-electron chi connectivity index (χ1n) is 12.0. The molecule has 6 nitrogen and oxygen atoms in total. The summed E-state index contributed by atoms with van der Waals surface area (Å²) in [6, 6.07) is 26.8. The van der Waals surface area contributed by atoms with Crippen LogP contribution in [0.15, 0.2) is 84.9 Å². The fourth-order valence-electron chi connectivity index (χ4n) is 4.65. The zero-order chi connectivity index (χ0) is 25.6. The van der Waals surface area contributed by atoms with Crippen molar-refractivity contribution in [3.05, 3.63) is 118 Å². The third-order valence-electron chi connectivity index (χ3n) is 6.94.